The van der Waals surface area contributed by atoms with E-state index in [0.29, 0.717) is 0 Å². The van der Waals surface area contributed by atoms with Crippen LogP contribution in [0.1, 0.15) is 26.5 Å². The number of β-lactam (4-membered cyclic amide) rings is 1. The molecule has 3 rings (SSSR count). The van der Waals surface area contributed by atoms with Gasteiger partial charge in [0.2, 0.25) is 6.79 Å². The third kappa shape index (κ3) is 5.41. The number of carbonyl (C=O) groups is 4. The van der Waals surface area contributed by atoms with E-state index in [0.717, 1.165) is 16.2 Å². The van der Waals surface area contributed by atoms with Crippen LogP contribution in [0.3, 0.4) is 0 Å². The summed E-state index contributed by atoms with van der Waals surface area (Å²) >= 11 is 2.38. The van der Waals surface area contributed by atoms with Crippen molar-refractivity contribution in [1.82, 2.24) is 15.2 Å². The van der Waals surface area contributed by atoms with Gasteiger partial charge in [0.1, 0.15) is 29.9 Å². The fourth-order valence-electron chi connectivity index (χ4n) is 3.04. The number of nitrogen functional groups attached to an aromatic ring is 1. The molecule has 14 heteroatoms. The van der Waals surface area contributed by atoms with Crippen molar-refractivity contribution in [3.8, 4) is 12.3 Å². The number of hydrogen-bond acceptors (Lipinski definition) is 12. The predicted molar refractivity (Wildman–Crippen MR) is 127 cm³/mol. The smallest absolute Gasteiger partial charge is 0.358 e. The number of thiazole rings is 1. The summed E-state index contributed by atoms with van der Waals surface area (Å²) < 4.78 is 10.00. The molecule has 2 amide bonds. The quantitative estimate of drug-likeness (QED) is 0.129. The first-order valence-corrected chi connectivity index (χ1v) is 12.0. The molecular weight excluding hydrogens is 498 g/mol. The Hall–Kier alpha value is -3.57. The first kappa shape index (κ1) is 26.0. The molecule has 3 N–H and O–H groups in total. The molecule has 0 aromatic carbocycles. The first-order chi connectivity index (χ1) is 16.5. The van der Waals surface area contributed by atoms with Crippen LogP contribution >= 0.6 is 23.1 Å². The van der Waals surface area contributed by atoms with Gasteiger partial charge in [-0.05, 0) is 20.8 Å². The van der Waals surface area contributed by atoms with Crippen molar-refractivity contribution in [2.45, 2.75) is 32.2 Å². The lowest BCUT2D eigenvalue weighted by atomic mass is 9.98. The molecule has 186 valence electrons. The Morgan fingerprint density at radius 1 is 1.37 bits per heavy atom. The van der Waals surface area contributed by atoms with Crippen molar-refractivity contribution in [3.05, 3.63) is 22.3 Å². The van der Waals surface area contributed by atoms with Crippen molar-refractivity contribution in [3.63, 3.8) is 0 Å². The minimum Gasteiger partial charge on any atom is -0.427 e. The van der Waals surface area contributed by atoms with Crippen molar-refractivity contribution in [1.29, 1.82) is 0 Å². The maximum absolute atomic E-state index is 12.9. The number of anilines is 1. The highest BCUT2D eigenvalue weighted by molar-refractivity contribution is 8.00. The zero-order valence-corrected chi connectivity index (χ0v) is 20.9. The van der Waals surface area contributed by atoms with Gasteiger partial charge in [0.15, 0.2) is 10.8 Å². The van der Waals surface area contributed by atoms with Crippen LogP contribution in [0.2, 0.25) is 0 Å². The second-order valence-corrected chi connectivity index (χ2v) is 10.3. The summed E-state index contributed by atoms with van der Waals surface area (Å²) in [6, 6.07) is -0.966. The number of thioether (sulfide) groups is 1. The van der Waals surface area contributed by atoms with Crippen molar-refractivity contribution in [2.24, 2.45) is 10.6 Å². The number of esters is 2. The van der Waals surface area contributed by atoms with Crippen LogP contribution < -0.4 is 11.1 Å². The molecule has 2 atom stereocenters. The zero-order chi connectivity index (χ0) is 25.9. The van der Waals surface area contributed by atoms with Gasteiger partial charge in [-0.3, -0.25) is 19.3 Å². The Morgan fingerprint density at radius 3 is 2.66 bits per heavy atom. The van der Waals surface area contributed by atoms with Crippen molar-refractivity contribution >= 4 is 57.7 Å². The molecule has 2 aliphatic heterocycles. The van der Waals surface area contributed by atoms with E-state index in [1.54, 1.807) is 20.8 Å². The highest BCUT2D eigenvalue weighted by Gasteiger charge is 2.54. The SMILES string of the molecule is C#CC1=C(C(=O)OCOC(=O)C(C)(C)C)N2C(=O)C(NC(=O)/C(=N/OC)c3csc(N)n3)[C@H]2SC1. The fraction of sp³-hybridized carbons (Fsp3) is 0.429. The van der Waals surface area contributed by atoms with E-state index in [4.69, 9.17) is 26.5 Å². The van der Waals surface area contributed by atoms with Gasteiger partial charge in [-0.2, -0.15) is 0 Å². The lowest BCUT2D eigenvalue weighted by Gasteiger charge is -2.49. The predicted octanol–water partition coefficient (Wildman–Crippen LogP) is 0.453. The molecule has 35 heavy (non-hydrogen) atoms. The summed E-state index contributed by atoms with van der Waals surface area (Å²) in [5.74, 6) is -0.138. The number of nitrogens with two attached hydrogens (primary N) is 1. The topological polar surface area (TPSA) is 163 Å². The molecule has 1 aromatic heterocycles. The van der Waals surface area contributed by atoms with Gasteiger partial charge < -0.3 is 25.4 Å². The summed E-state index contributed by atoms with van der Waals surface area (Å²) in [5, 5.41) is 7.42. The molecule has 0 radical (unpaired) electrons. The van der Waals surface area contributed by atoms with Crippen molar-refractivity contribution in [2.75, 3.05) is 25.4 Å². The molecule has 0 aliphatic carbocycles. The highest BCUT2D eigenvalue weighted by atomic mass is 32.2. The molecule has 1 aromatic rings. The number of aromatic nitrogens is 1. The second-order valence-electron chi connectivity index (χ2n) is 8.26. The number of amides is 2. The maximum Gasteiger partial charge on any atom is 0.358 e. The van der Waals surface area contributed by atoms with Gasteiger partial charge in [-0.1, -0.05) is 11.1 Å². The summed E-state index contributed by atoms with van der Waals surface area (Å²) in [7, 11) is 1.26. The van der Waals surface area contributed by atoms with E-state index in [1.807, 2.05) is 0 Å². The van der Waals surface area contributed by atoms with Gasteiger partial charge in [-0.25, -0.2) is 9.78 Å². The Bertz CT molecular complexity index is 1160. The van der Waals surface area contributed by atoms with Crippen molar-refractivity contribution < 1.29 is 33.5 Å². The number of oxime groups is 1. The summed E-state index contributed by atoms with van der Waals surface area (Å²) in [6.07, 6.45) is 5.53. The number of nitrogens with one attached hydrogen (secondary N) is 1. The molecule has 1 unspecified atom stereocenters. The Morgan fingerprint density at radius 2 is 2.09 bits per heavy atom. The minimum atomic E-state index is -0.966. The highest BCUT2D eigenvalue weighted by Crippen LogP contribution is 2.40. The van der Waals surface area contributed by atoms with E-state index >= 15 is 0 Å². The molecule has 1 fully saturated rings. The van der Waals surface area contributed by atoms with Gasteiger partial charge in [0.05, 0.1) is 5.41 Å². The van der Waals surface area contributed by atoms with Gasteiger partial charge in [-0.15, -0.1) is 29.5 Å². The lowest BCUT2D eigenvalue weighted by molar-refractivity contribution is -0.173. The third-order valence-corrected chi connectivity index (χ3v) is 6.73. The standard InChI is InChI=1S/C21H23N5O7S2/c1-6-10-7-34-17-13(24-15(27)12(25-31-5)11-8-35-20(22)23-11)16(28)26(17)14(10)18(29)32-9-33-19(30)21(2,3)4/h1,8,13,17H,7,9H2,2-5H3,(H2,22,23)(H,24,27)/b25-12+/t13?,17-/m1/s1. The minimum absolute atomic E-state index is 0.128. The number of ether oxygens (including phenoxy) is 2. The van der Waals surface area contributed by atoms with Gasteiger partial charge in [0, 0.05) is 16.7 Å². The average molecular weight is 522 g/mol. The molecule has 2 aliphatic rings. The monoisotopic (exact) mass is 521 g/mol. The van der Waals surface area contributed by atoms with Crippen LogP contribution in [0.4, 0.5) is 5.13 Å². The number of carbonyl (C=O) groups excluding carboxylic acids is 4. The number of fused-ring (bicyclic) bond motifs is 1. The largest absolute Gasteiger partial charge is 0.427 e. The van der Waals surface area contributed by atoms with E-state index in [-0.39, 0.29) is 33.6 Å². The summed E-state index contributed by atoms with van der Waals surface area (Å²) in [4.78, 5) is 60.3. The number of nitrogens with zero attached hydrogens (tertiary/aromatic N) is 3. The van der Waals surface area contributed by atoms with E-state index in [1.165, 1.54) is 24.3 Å². The van der Waals surface area contributed by atoms with Crippen LogP contribution in [0, 0.1) is 17.8 Å². The number of hydrogen-bond donors (Lipinski definition) is 2. The molecule has 1 saturated heterocycles. The number of terminal acetylenes is 1. The summed E-state index contributed by atoms with van der Waals surface area (Å²) in [6.45, 7) is 4.32. The van der Waals surface area contributed by atoms with Gasteiger partial charge >= 0.3 is 11.9 Å². The average Bonchev–Trinajstić information content (AvgIpc) is 3.24. The molecule has 0 saturated carbocycles. The zero-order valence-electron chi connectivity index (χ0n) is 19.3. The fourth-order valence-corrected chi connectivity index (χ4v) is 4.88. The van der Waals surface area contributed by atoms with Crippen LogP contribution in [0.15, 0.2) is 21.8 Å². The van der Waals surface area contributed by atoms with Crippen LogP contribution in [-0.4, -0.2) is 70.4 Å². The molecule has 0 bridgehead atoms. The lowest BCUT2D eigenvalue weighted by Crippen LogP contribution is -2.71. The van der Waals surface area contributed by atoms with E-state index in [2.05, 4.69) is 21.4 Å². The first-order valence-electron chi connectivity index (χ1n) is 10.1. The summed E-state index contributed by atoms with van der Waals surface area (Å²) in [5.41, 5.74) is 4.99. The maximum atomic E-state index is 12.9. The van der Waals surface area contributed by atoms with E-state index < -0.39 is 47.4 Å². The Kier molecular flexibility index (Phi) is 7.71. The molecular formula is C21H23N5O7S2. The second kappa shape index (κ2) is 10.4. The number of rotatable bonds is 7. The third-order valence-electron chi connectivity index (χ3n) is 4.78. The normalized spacial score (nSPS) is 19.8. The Balaban J connectivity index is 1.71. The molecule has 12 nitrogen and oxygen atoms in total. The Labute approximate surface area is 209 Å². The van der Waals surface area contributed by atoms with E-state index in [9.17, 15) is 19.2 Å². The van der Waals surface area contributed by atoms with Crippen LogP contribution in [0.5, 0.6) is 0 Å². The van der Waals surface area contributed by atoms with Crippen LogP contribution in [0.25, 0.3) is 0 Å². The van der Waals surface area contributed by atoms with Gasteiger partial charge in [0.25, 0.3) is 11.8 Å². The molecule has 0 spiro atoms. The van der Waals surface area contributed by atoms with Crippen LogP contribution in [-0.2, 0) is 33.5 Å². The molecule has 3 heterocycles.